The van der Waals surface area contributed by atoms with Crippen LogP contribution in [0.2, 0.25) is 0 Å². The number of anilines is 2. The standard InChI is InChI=1S/C11H13N3/c1-2-9-5-3-4-6-11(9)14-10-7-12-13-8-10/h3-8,14H,2H2,1H3,(H,12,13). The molecule has 2 rings (SSSR count). The molecule has 0 radical (unpaired) electrons. The van der Waals surface area contributed by atoms with Crippen LogP contribution in [0.15, 0.2) is 36.7 Å². The van der Waals surface area contributed by atoms with Crippen molar-refractivity contribution < 1.29 is 0 Å². The quantitative estimate of drug-likeness (QED) is 0.775. The van der Waals surface area contributed by atoms with Gasteiger partial charge in [0.1, 0.15) is 0 Å². The molecule has 14 heavy (non-hydrogen) atoms. The molecule has 72 valence electrons. The normalized spacial score (nSPS) is 10.1. The van der Waals surface area contributed by atoms with E-state index in [1.807, 2.05) is 12.3 Å². The van der Waals surface area contributed by atoms with Gasteiger partial charge in [-0.2, -0.15) is 5.10 Å². The molecular formula is C11H13N3. The zero-order chi connectivity index (χ0) is 9.80. The Morgan fingerprint density at radius 3 is 2.93 bits per heavy atom. The molecule has 1 aromatic carbocycles. The largest absolute Gasteiger partial charge is 0.353 e. The summed E-state index contributed by atoms with van der Waals surface area (Å²) in [6.45, 7) is 2.15. The summed E-state index contributed by atoms with van der Waals surface area (Å²) in [5.74, 6) is 0. The molecule has 0 spiro atoms. The summed E-state index contributed by atoms with van der Waals surface area (Å²) in [6, 6.07) is 8.29. The van der Waals surface area contributed by atoms with E-state index < -0.39 is 0 Å². The first-order valence-corrected chi connectivity index (χ1v) is 4.74. The zero-order valence-corrected chi connectivity index (χ0v) is 8.12. The average Bonchev–Trinajstić information content (AvgIpc) is 2.71. The predicted octanol–water partition coefficient (Wildman–Crippen LogP) is 2.72. The summed E-state index contributed by atoms with van der Waals surface area (Å²) >= 11 is 0. The molecule has 0 bridgehead atoms. The fourth-order valence-electron chi connectivity index (χ4n) is 1.43. The van der Waals surface area contributed by atoms with Crippen molar-refractivity contribution >= 4 is 11.4 Å². The van der Waals surface area contributed by atoms with Gasteiger partial charge in [0.2, 0.25) is 0 Å². The van der Waals surface area contributed by atoms with E-state index in [4.69, 9.17) is 0 Å². The smallest absolute Gasteiger partial charge is 0.0767 e. The molecule has 1 heterocycles. The summed E-state index contributed by atoms with van der Waals surface area (Å²) in [5, 5.41) is 9.97. The summed E-state index contributed by atoms with van der Waals surface area (Å²) in [5.41, 5.74) is 3.45. The van der Waals surface area contributed by atoms with Crippen molar-refractivity contribution in [3.05, 3.63) is 42.2 Å². The van der Waals surface area contributed by atoms with Gasteiger partial charge in [0, 0.05) is 11.9 Å². The molecule has 0 saturated heterocycles. The van der Waals surface area contributed by atoms with Crippen LogP contribution in [-0.2, 0) is 6.42 Å². The third-order valence-corrected chi connectivity index (χ3v) is 2.18. The minimum absolute atomic E-state index is 0.992. The van der Waals surface area contributed by atoms with Gasteiger partial charge in [-0.1, -0.05) is 25.1 Å². The molecule has 0 fully saturated rings. The molecular weight excluding hydrogens is 174 g/mol. The molecule has 2 aromatic rings. The molecule has 0 unspecified atom stereocenters. The lowest BCUT2D eigenvalue weighted by Gasteiger charge is -2.08. The zero-order valence-electron chi connectivity index (χ0n) is 8.12. The van der Waals surface area contributed by atoms with Crippen molar-refractivity contribution in [3.8, 4) is 0 Å². The average molecular weight is 187 g/mol. The number of nitrogens with zero attached hydrogens (tertiary/aromatic N) is 1. The van der Waals surface area contributed by atoms with Crippen LogP contribution in [-0.4, -0.2) is 10.2 Å². The molecule has 0 atom stereocenters. The third kappa shape index (κ3) is 1.76. The van der Waals surface area contributed by atoms with Crippen molar-refractivity contribution in [2.45, 2.75) is 13.3 Å². The predicted molar refractivity (Wildman–Crippen MR) is 57.7 cm³/mol. The summed E-state index contributed by atoms with van der Waals surface area (Å²) in [7, 11) is 0. The Labute approximate surface area is 83.2 Å². The van der Waals surface area contributed by atoms with E-state index in [1.54, 1.807) is 6.20 Å². The third-order valence-electron chi connectivity index (χ3n) is 2.18. The first-order chi connectivity index (χ1) is 6.90. The first kappa shape index (κ1) is 8.81. The minimum Gasteiger partial charge on any atom is -0.353 e. The van der Waals surface area contributed by atoms with Gasteiger partial charge in [0.05, 0.1) is 11.9 Å². The summed E-state index contributed by atoms with van der Waals surface area (Å²) in [6.07, 6.45) is 4.64. The summed E-state index contributed by atoms with van der Waals surface area (Å²) in [4.78, 5) is 0. The number of aromatic amines is 1. The molecule has 0 amide bonds. The lowest BCUT2D eigenvalue weighted by molar-refractivity contribution is 1.09. The topological polar surface area (TPSA) is 40.7 Å². The fourth-order valence-corrected chi connectivity index (χ4v) is 1.43. The van der Waals surface area contributed by atoms with Crippen LogP contribution in [0.3, 0.4) is 0 Å². The van der Waals surface area contributed by atoms with Gasteiger partial charge in [-0.15, -0.1) is 0 Å². The Morgan fingerprint density at radius 2 is 2.21 bits per heavy atom. The highest BCUT2D eigenvalue weighted by Crippen LogP contribution is 2.19. The lowest BCUT2D eigenvalue weighted by atomic mass is 10.1. The van der Waals surface area contributed by atoms with E-state index in [0.29, 0.717) is 0 Å². The molecule has 1 aromatic heterocycles. The number of benzene rings is 1. The second-order valence-electron chi connectivity index (χ2n) is 3.12. The second-order valence-corrected chi connectivity index (χ2v) is 3.12. The first-order valence-electron chi connectivity index (χ1n) is 4.74. The van der Waals surface area contributed by atoms with Crippen LogP contribution in [0.4, 0.5) is 11.4 Å². The van der Waals surface area contributed by atoms with Crippen LogP contribution < -0.4 is 5.32 Å². The van der Waals surface area contributed by atoms with Crippen LogP contribution >= 0.6 is 0 Å². The molecule has 0 aliphatic carbocycles. The van der Waals surface area contributed by atoms with Crippen LogP contribution in [0.5, 0.6) is 0 Å². The van der Waals surface area contributed by atoms with Crippen LogP contribution in [0, 0.1) is 0 Å². The Bertz CT molecular complexity index is 393. The highest BCUT2D eigenvalue weighted by atomic mass is 15.1. The maximum absolute atomic E-state index is 3.89. The maximum atomic E-state index is 3.89. The highest BCUT2D eigenvalue weighted by molar-refractivity contribution is 5.61. The molecule has 0 saturated carbocycles. The van der Waals surface area contributed by atoms with Gasteiger partial charge in [0.15, 0.2) is 0 Å². The number of H-pyrrole nitrogens is 1. The van der Waals surface area contributed by atoms with Crippen molar-refractivity contribution in [2.24, 2.45) is 0 Å². The second kappa shape index (κ2) is 3.96. The summed E-state index contributed by atoms with van der Waals surface area (Å²) < 4.78 is 0. The highest BCUT2D eigenvalue weighted by Gasteiger charge is 1.99. The number of hydrogen-bond donors (Lipinski definition) is 2. The van der Waals surface area contributed by atoms with Crippen molar-refractivity contribution in [2.75, 3.05) is 5.32 Å². The molecule has 0 aliphatic rings. The van der Waals surface area contributed by atoms with E-state index in [-0.39, 0.29) is 0 Å². The minimum atomic E-state index is 0.992. The SMILES string of the molecule is CCc1ccccc1Nc1cn[nH]c1. The number of hydrogen-bond acceptors (Lipinski definition) is 2. The number of rotatable bonds is 3. The Balaban J connectivity index is 2.24. The van der Waals surface area contributed by atoms with Crippen molar-refractivity contribution in [1.82, 2.24) is 10.2 Å². The molecule has 3 heteroatoms. The van der Waals surface area contributed by atoms with Gasteiger partial charge in [-0.05, 0) is 18.1 Å². The van der Waals surface area contributed by atoms with Crippen molar-refractivity contribution in [3.63, 3.8) is 0 Å². The van der Waals surface area contributed by atoms with Gasteiger partial charge in [-0.25, -0.2) is 0 Å². The van der Waals surface area contributed by atoms with E-state index in [0.717, 1.165) is 17.8 Å². The maximum Gasteiger partial charge on any atom is 0.0767 e. The lowest BCUT2D eigenvalue weighted by Crippen LogP contribution is -1.93. The van der Waals surface area contributed by atoms with Crippen LogP contribution in [0.25, 0.3) is 0 Å². The van der Waals surface area contributed by atoms with Gasteiger partial charge in [-0.3, -0.25) is 5.10 Å². The van der Waals surface area contributed by atoms with Crippen molar-refractivity contribution in [1.29, 1.82) is 0 Å². The number of para-hydroxylation sites is 1. The van der Waals surface area contributed by atoms with E-state index in [2.05, 4.69) is 40.6 Å². The number of nitrogens with one attached hydrogen (secondary N) is 2. The van der Waals surface area contributed by atoms with Gasteiger partial charge < -0.3 is 5.32 Å². The Kier molecular flexibility index (Phi) is 2.49. The fraction of sp³-hybridized carbons (Fsp3) is 0.182. The number of aromatic nitrogens is 2. The van der Waals surface area contributed by atoms with E-state index in [9.17, 15) is 0 Å². The van der Waals surface area contributed by atoms with E-state index >= 15 is 0 Å². The molecule has 2 N–H and O–H groups in total. The molecule has 0 aliphatic heterocycles. The monoisotopic (exact) mass is 187 g/mol. The van der Waals surface area contributed by atoms with Gasteiger partial charge >= 0.3 is 0 Å². The number of aryl methyl sites for hydroxylation is 1. The van der Waals surface area contributed by atoms with Gasteiger partial charge in [0.25, 0.3) is 0 Å². The molecule has 3 nitrogen and oxygen atoms in total. The van der Waals surface area contributed by atoms with Crippen LogP contribution in [0.1, 0.15) is 12.5 Å². The Morgan fingerprint density at radius 1 is 1.36 bits per heavy atom. The van der Waals surface area contributed by atoms with E-state index in [1.165, 1.54) is 5.56 Å². The Hall–Kier alpha value is -1.77.